The summed E-state index contributed by atoms with van der Waals surface area (Å²) in [6.07, 6.45) is 1.29. The number of anilines is 4. The molecule has 0 atom stereocenters. The molecule has 0 saturated heterocycles. The second kappa shape index (κ2) is 10.9. The molecule has 0 fully saturated rings. The lowest BCUT2D eigenvalue weighted by molar-refractivity contribution is 0.480. The summed E-state index contributed by atoms with van der Waals surface area (Å²) in [4.78, 5) is 12.0. The van der Waals surface area contributed by atoms with Crippen LogP contribution < -0.4 is 16.0 Å². The molecule has 0 unspecified atom stereocenters. The van der Waals surface area contributed by atoms with Crippen molar-refractivity contribution in [3.05, 3.63) is 90.0 Å². The lowest BCUT2D eigenvalue weighted by Gasteiger charge is -2.15. The third-order valence-corrected chi connectivity index (χ3v) is 6.93. The van der Waals surface area contributed by atoms with E-state index in [1.165, 1.54) is 54.6 Å². The topological polar surface area (TPSA) is 184 Å². The van der Waals surface area contributed by atoms with Crippen molar-refractivity contribution in [2.45, 2.75) is 9.79 Å². The van der Waals surface area contributed by atoms with E-state index in [1.807, 2.05) is 18.2 Å². The average molecular weight is 555 g/mol. The number of benzene rings is 3. The van der Waals surface area contributed by atoms with E-state index in [2.05, 4.69) is 30.9 Å². The second-order valence-electron chi connectivity index (χ2n) is 7.71. The van der Waals surface area contributed by atoms with Gasteiger partial charge in [-0.25, -0.2) is 0 Å². The number of para-hydroxylation sites is 1. The zero-order valence-corrected chi connectivity index (χ0v) is 21.4. The van der Waals surface area contributed by atoms with Crippen molar-refractivity contribution in [1.82, 2.24) is 15.0 Å². The Morgan fingerprint density at radius 3 is 1.92 bits per heavy atom. The monoisotopic (exact) mass is 554 g/mol. The van der Waals surface area contributed by atoms with Crippen LogP contribution in [0.3, 0.4) is 0 Å². The van der Waals surface area contributed by atoms with Crippen LogP contribution in [-0.4, -0.2) is 47.9 Å². The van der Waals surface area contributed by atoms with E-state index < -0.39 is 30.0 Å². The molecule has 1 aromatic heterocycles. The average Bonchev–Trinajstić information content (AvgIpc) is 2.88. The van der Waals surface area contributed by atoms with E-state index in [9.17, 15) is 25.9 Å². The fourth-order valence-corrected chi connectivity index (χ4v) is 4.84. The minimum absolute atomic E-state index is 0.00763. The quantitative estimate of drug-likeness (QED) is 0.149. The molecule has 5 N–H and O–H groups in total. The van der Waals surface area contributed by atoms with Gasteiger partial charge in [-0.3, -0.25) is 9.11 Å². The van der Waals surface area contributed by atoms with Crippen molar-refractivity contribution in [2.24, 2.45) is 0 Å². The standard InChI is InChI=1S/C24H22N6O6S2/c1-25-22-28-23(26-17-10-3-2-4-11-17)30-24(29-22)27-19(18-12-6-8-14-21(18)38(34,35)36)15-16-9-5-7-13-20(16)37(31,32)33/h2-15H,1H3,(H,31,32,33)(H,34,35,36)(H3,25,26,27,28,29,30). The van der Waals surface area contributed by atoms with Crippen molar-refractivity contribution in [3.63, 3.8) is 0 Å². The van der Waals surface area contributed by atoms with Crippen LogP contribution in [0.1, 0.15) is 11.1 Å². The maximum absolute atomic E-state index is 12.2. The van der Waals surface area contributed by atoms with Gasteiger partial charge in [-0.05, 0) is 35.9 Å². The molecular formula is C24H22N6O6S2. The SMILES string of the molecule is CNc1nc(NC(=Cc2ccccc2S(=O)(=O)O)c2ccccc2S(=O)(=O)O)nc(Nc2ccccc2)n1. The van der Waals surface area contributed by atoms with E-state index in [0.29, 0.717) is 5.69 Å². The molecule has 0 aliphatic rings. The van der Waals surface area contributed by atoms with Crippen LogP contribution in [0.5, 0.6) is 0 Å². The first kappa shape index (κ1) is 26.7. The van der Waals surface area contributed by atoms with Gasteiger partial charge in [0.25, 0.3) is 20.2 Å². The first-order valence-corrected chi connectivity index (χ1v) is 13.8. The molecule has 12 nitrogen and oxygen atoms in total. The van der Waals surface area contributed by atoms with Gasteiger partial charge in [-0.15, -0.1) is 0 Å². The molecule has 3 aromatic carbocycles. The minimum atomic E-state index is -4.69. The largest absolute Gasteiger partial charge is 0.357 e. The molecule has 1 heterocycles. The third-order valence-electron chi connectivity index (χ3n) is 5.09. The molecule has 196 valence electrons. The van der Waals surface area contributed by atoms with Crippen LogP contribution in [0, 0.1) is 0 Å². The zero-order chi connectivity index (χ0) is 27.3. The summed E-state index contributed by atoms with van der Waals surface area (Å²) >= 11 is 0. The summed E-state index contributed by atoms with van der Waals surface area (Å²) < 4.78 is 67.8. The van der Waals surface area contributed by atoms with Crippen LogP contribution in [0.15, 0.2) is 88.7 Å². The van der Waals surface area contributed by atoms with Crippen molar-refractivity contribution in [1.29, 1.82) is 0 Å². The minimum Gasteiger partial charge on any atom is -0.357 e. The van der Waals surface area contributed by atoms with E-state index in [1.54, 1.807) is 19.2 Å². The van der Waals surface area contributed by atoms with Gasteiger partial charge in [0.2, 0.25) is 17.8 Å². The van der Waals surface area contributed by atoms with Gasteiger partial charge in [0, 0.05) is 18.3 Å². The molecule has 14 heteroatoms. The van der Waals surface area contributed by atoms with Gasteiger partial charge < -0.3 is 16.0 Å². The summed E-state index contributed by atoms with van der Waals surface area (Å²) in [5.74, 6) is 0.281. The van der Waals surface area contributed by atoms with E-state index in [4.69, 9.17) is 0 Å². The Kier molecular flexibility index (Phi) is 7.68. The van der Waals surface area contributed by atoms with Gasteiger partial charge in [-0.2, -0.15) is 31.8 Å². The maximum Gasteiger partial charge on any atom is 0.295 e. The third kappa shape index (κ3) is 6.49. The van der Waals surface area contributed by atoms with Crippen molar-refractivity contribution in [2.75, 3.05) is 23.0 Å². The zero-order valence-electron chi connectivity index (χ0n) is 19.8. The molecule has 0 bridgehead atoms. The molecule has 38 heavy (non-hydrogen) atoms. The highest BCUT2D eigenvalue weighted by Gasteiger charge is 2.21. The predicted molar refractivity (Wildman–Crippen MR) is 143 cm³/mol. The highest BCUT2D eigenvalue weighted by atomic mass is 32.2. The fourth-order valence-electron chi connectivity index (χ4n) is 3.46. The fraction of sp³-hybridized carbons (Fsp3) is 0.0417. The summed E-state index contributed by atoms with van der Waals surface area (Å²) in [7, 11) is -7.72. The predicted octanol–water partition coefficient (Wildman–Crippen LogP) is 3.76. The molecule has 4 aromatic rings. The smallest absolute Gasteiger partial charge is 0.295 e. The van der Waals surface area contributed by atoms with Crippen LogP contribution in [0.25, 0.3) is 11.8 Å². The Balaban J connectivity index is 1.88. The summed E-state index contributed by atoms with van der Waals surface area (Å²) in [6.45, 7) is 0. The normalized spacial score (nSPS) is 12.1. The molecule has 0 saturated carbocycles. The van der Waals surface area contributed by atoms with Crippen molar-refractivity contribution >= 4 is 55.5 Å². The number of nitrogens with zero attached hydrogens (tertiary/aromatic N) is 3. The second-order valence-corrected chi connectivity index (χ2v) is 10.5. The van der Waals surface area contributed by atoms with Crippen LogP contribution in [0.2, 0.25) is 0 Å². The van der Waals surface area contributed by atoms with Gasteiger partial charge >= 0.3 is 0 Å². The number of hydrogen-bond acceptors (Lipinski definition) is 10. The Hall–Kier alpha value is -4.37. The van der Waals surface area contributed by atoms with Crippen LogP contribution in [0.4, 0.5) is 23.5 Å². The van der Waals surface area contributed by atoms with Crippen LogP contribution >= 0.6 is 0 Å². The number of hydrogen-bond donors (Lipinski definition) is 5. The molecule has 0 aliphatic heterocycles. The lowest BCUT2D eigenvalue weighted by Crippen LogP contribution is -2.11. The maximum atomic E-state index is 12.2. The van der Waals surface area contributed by atoms with Gasteiger partial charge in [-0.1, -0.05) is 54.6 Å². The van der Waals surface area contributed by atoms with Gasteiger partial charge in [0.1, 0.15) is 9.79 Å². The van der Waals surface area contributed by atoms with Gasteiger partial charge in [0.15, 0.2) is 0 Å². The van der Waals surface area contributed by atoms with E-state index in [-0.39, 0.29) is 34.7 Å². The summed E-state index contributed by atoms with van der Waals surface area (Å²) in [5, 5.41) is 8.75. The molecular weight excluding hydrogens is 532 g/mol. The number of aromatic nitrogens is 3. The lowest BCUT2D eigenvalue weighted by atomic mass is 10.1. The Bertz CT molecular complexity index is 1710. The highest BCUT2D eigenvalue weighted by molar-refractivity contribution is 7.86. The molecule has 0 radical (unpaired) electrons. The molecule has 0 amide bonds. The van der Waals surface area contributed by atoms with Crippen LogP contribution in [-0.2, 0) is 20.2 Å². The Labute approximate surface area is 219 Å². The molecule has 4 rings (SSSR count). The summed E-state index contributed by atoms with van der Waals surface area (Å²) in [5.41, 5.74) is 0.729. The highest BCUT2D eigenvalue weighted by Crippen LogP contribution is 2.29. The number of rotatable bonds is 9. The van der Waals surface area contributed by atoms with E-state index in [0.717, 1.165) is 0 Å². The molecule has 0 spiro atoms. The number of nitrogens with one attached hydrogen (secondary N) is 3. The first-order chi connectivity index (χ1) is 18.0. The van der Waals surface area contributed by atoms with Crippen molar-refractivity contribution < 1.29 is 25.9 Å². The first-order valence-electron chi connectivity index (χ1n) is 10.9. The van der Waals surface area contributed by atoms with Gasteiger partial charge in [0.05, 0.1) is 5.70 Å². The van der Waals surface area contributed by atoms with Crippen molar-refractivity contribution in [3.8, 4) is 0 Å². The Morgan fingerprint density at radius 2 is 1.26 bits per heavy atom. The summed E-state index contributed by atoms with van der Waals surface area (Å²) in [6, 6.07) is 20.2. The Morgan fingerprint density at radius 1 is 0.711 bits per heavy atom. The molecule has 0 aliphatic carbocycles. The van der Waals surface area contributed by atoms with E-state index >= 15 is 0 Å².